The van der Waals surface area contributed by atoms with Crippen LogP contribution in [-0.2, 0) is 4.79 Å². The van der Waals surface area contributed by atoms with Gasteiger partial charge >= 0.3 is 0 Å². The van der Waals surface area contributed by atoms with Crippen LogP contribution in [0.1, 0.15) is 5.56 Å². The van der Waals surface area contributed by atoms with Crippen LogP contribution < -0.4 is 20.9 Å². The van der Waals surface area contributed by atoms with Gasteiger partial charge in [-0.15, -0.1) is 11.8 Å². The summed E-state index contributed by atoms with van der Waals surface area (Å²) in [5.41, 5.74) is 1.24. The van der Waals surface area contributed by atoms with E-state index in [9.17, 15) is 9.59 Å². The van der Waals surface area contributed by atoms with E-state index in [1.165, 1.54) is 28.2 Å². The molecule has 0 atom stereocenters. The highest BCUT2D eigenvalue weighted by Gasteiger charge is 2.12. The molecular formula is C19H14N4O2S2. The summed E-state index contributed by atoms with van der Waals surface area (Å²) in [5.74, 6) is -0.0713. The van der Waals surface area contributed by atoms with Crippen molar-refractivity contribution in [3.8, 4) is 5.13 Å². The Bertz CT molecular complexity index is 1290. The number of aromatic nitrogens is 3. The van der Waals surface area contributed by atoms with E-state index in [0.717, 1.165) is 20.7 Å². The third-order valence-electron chi connectivity index (χ3n) is 4.05. The van der Waals surface area contributed by atoms with Crippen molar-refractivity contribution in [2.75, 3.05) is 6.26 Å². The van der Waals surface area contributed by atoms with Crippen LogP contribution in [0, 0.1) is 5.41 Å². The van der Waals surface area contributed by atoms with E-state index in [0.29, 0.717) is 5.13 Å². The van der Waals surface area contributed by atoms with E-state index < -0.39 is 5.56 Å². The summed E-state index contributed by atoms with van der Waals surface area (Å²) in [4.78, 5) is 29.0. The average Bonchev–Trinajstić information content (AvgIpc) is 3.10. The second-order valence-corrected chi connectivity index (χ2v) is 7.64. The third kappa shape index (κ3) is 3.36. The monoisotopic (exact) mass is 394 g/mol. The minimum Gasteiger partial charge on any atom is -0.290 e. The number of fused-ring (bicyclic) bond motifs is 1. The van der Waals surface area contributed by atoms with Gasteiger partial charge in [-0.3, -0.25) is 20.1 Å². The molecule has 0 saturated carbocycles. The minimum atomic E-state index is -0.439. The summed E-state index contributed by atoms with van der Waals surface area (Å²) < 4.78 is 2.20. The molecule has 0 aromatic heterocycles. The topological polar surface area (TPSA) is 91.6 Å². The fourth-order valence-electron chi connectivity index (χ4n) is 2.63. The van der Waals surface area contributed by atoms with E-state index in [1.54, 1.807) is 30.0 Å². The molecule has 2 aliphatic heterocycles. The molecule has 1 aromatic carbocycles. The molecule has 0 spiro atoms. The van der Waals surface area contributed by atoms with Crippen LogP contribution in [0.4, 0.5) is 0 Å². The van der Waals surface area contributed by atoms with Gasteiger partial charge in [-0.2, -0.15) is 4.98 Å². The Balaban J connectivity index is 1.92. The van der Waals surface area contributed by atoms with E-state index in [-0.39, 0.29) is 16.5 Å². The van der Waals surface area contributed by atoms with Crippen LogP contribution in [0.3, 0.4) is 0 Å². The number of nitrogens with zero attached hydrogens (tertiary/aromatic N) is 2. The zero-order valence-electron chi connectivity index (χ0n) is 14.2. The van der Waals surface area contributed by atoms with Crippen molar-refractivity contribution in [2.24, 2.45) is 0 Å². The Morgan fingerprint density at radius 3 is 2.52 bits per heavy atom. The number of hydrogen-bond acceptors (Lipinski definition) is 6. The first-order valence-electron chi connectivity index (χ1n) is 8.02. The Hall–Kier alpha value is -2.97. The van der Waals surface area contributed by atoms with Gasteiger partial charge in [0.25, 0.3) is 5.56 Å². The second-order valence-electron chi connectivity index (χ2n) is 5.78. The summed E-state index contributed by atoms with van der Waals surface area (Å²) >= 11 is 2.90. The SMILES string of the molecule is CSc1ccc(/C=c2\c(=O)nc3sc(=C4C=CC(=O)C=C4)[nH]n-3c2=N)cc1. The molecule has 8 heteroatoms. The molecule has 1 aromatic rings. The van der Waals surface area contributed by atoms with Crippen molar-refractivity contribution < 1.29 is 4.79 Å². The maximum absolute atomic E-state index is 12.4. The van der Waals surface area contributed by atoms with Gasteiger partial charge in [0.1, 0.15) is 4.66 Å². The van der Waals surface area contributed by atoms with Gasteiger partial charge in [0.15, 0.2) is 11.3 Å². The number of H-pyrrole nitrogens is 1. The van der Waals surface area contributed by atoms with Gasteiger partial charge in [-0.25, -0.2) is 4.68 Å². The van der Waals surface area contributed by atoms with Gasteiger partial charge in [-0.1, -0.05) is 23.5 Å². The van der Waals surface area contributed by atoms with Crippen LogP contribution >= 0.6 is 23.1 Å². The molecule has 134 valence electrons. The molecule has 0 unspecified atom stereocenters. The first-order chi connectivity index (χ1) is 13.0. The van der Waals surface area contributed by atoms with Crippen LogP contribution in [0.2, 0.25) is 0 Å². The maximum Gasteiger partial charge on any atom is 0.283 e. The summed E-state index contributed by atoms with van der Waals surface area (Å²) in [6.45, 7) is 0. The Morgan fingerprint density at radius 1 is 1.15 bits per heavy atom. The molecular weight excluding hydrogens is 380 g/mol. The summed E-state index contributed by atoms with van der Waals surface area (Å²) in [5, 5.41) is 12.1. The molecule has 0 bridgehead atoms. The first kappa shape index (κ1) is 17.4. The largest absolute Gasteiger partial charge is 0.290 e. The standard InChI is InChI=1S/C19H14N4O2S2/c1-26-14-8-2-11(3-9-14)10-15-16(20)23-19(21-17(15)25)27-18(22-23)12-4-6-13(24)7-5-12/h2-10,20,22H,1H3/b15-10-,20-16?. The lowest BCUT2D eigenvalue weighted by Crippen LogP contribution is -2.47. The van der Waals surface area contributed by atoms with Crippen LogP contribution in [0.5, 0.6) is 0 Å². The molecule has 27 heavy (non-hydrogen) atoms. The average molecular weight is 394 g/mol. The highest BCUT2D eigenvalue weighted by atomic mass is 32.2. The van der Waals surface area contributed by atoms with Gasteiger partial charge < -0.3 is 0 Å². The lowest BCUT2D eigenvalue weighted by molar-refractivity contribution is -0.110. The van der Waals surface area contributed by atoms with Crippen molar-refractivity contribution in [2.45, 2.75) is 4.90 Å². The number of hydrogen-bond donors (Lipinski definition) is 2. The molecule has 6 nitrogen and oxygen atoms in total. The molecule has 0 radical (unpaired) electrons. The van der Waals surface area contributed by atoms with Crippen LogP contribution in [-0.4, -0.2) is 26.8 Å². The van der Waals surface area contributed by atoms with Crippen molar-refractivity contribution in [1.29, 1.82) is 5.41 Å². The van der Waals surface area contributed by atoms with Crippen molar-refractivity contribution >= 4 is 40.5 Å². The van der Waals surface area contributed by atoms with Gasteiger partial charge in [0.05, 0.1) is 5.22 Å². The number of ketones is 1. The van der Waals surface area contributed by atoms with E-state index in [1.807, 2.05) is 30.5 Å². The third-order valence-corrected chi connectivity index (χ3v) is 5.78. The highest BCUT2D eigenvalue weighted by molar-refractivity contribution is 7.98. The van der Waals surface area contributed by atoms with E-state index >= 15 is 0 Å². The number of carbonyl (C=O) groups is 1. The highest BCUT2D eigenvalue weighted by Crippen LogP contribution is 2.15. The van der Waals surface area contributed by atoms with E-state index in [4.69, 9.17) is 5.41 Å². The lowest BCUT2D eigenvalue weighted by Gasteiger charge is -2.00. The summed E-state index contributed by atoms with van der Waals surface area (Å²) in [7, 11) is 0. The first-order valence-corrected chi connectivity index (χ1v) is 10.1. The fraction of sp³-hybridized carbons (Fsp3) is 0.0526. The molecule has 1 aliphatic carbocycles. The molecule has 0 saturated heterocycles. The molecule has 2 heterocycles. The number of nitrogens with one attached hydrogen (secondary N) is 2. The van der Waals surface area contributed by atoms with Gasteiger partial charge in [-0.05, 0) is 54.3 Å². The van der Waals surface area contributed by atoms with Crippen molar-refractivity contribution in [3.05, 3.63) is 79.9 Å². The van der Waals surface area contributed by atoms with Crippen molar-refractivity contribution in [1.82, 2.24) is 14.8 Å². The van der Waals surface area contributed by atoms with Crippen LogP contribution in [0.25, 0.3) is 16.8 Å². The van der Waals surface area contributed by atoms with Crippen molar-refractivity contribution in [3.63, 3.8) is 0 Å². The molecule has 2 N–H and O–H groups in total. The van der Waals surface area contributed by atoms with Gasteiger partial charge in [0.2, 0.25) is 5.13 Å². The maximum atomic E-state index is 12.4. The lowest BCUT2D eigenvalue weighted by atomic mass is 10.1. The summed E-state index contributed by atoms with van der Waals surface area (Å²) in [6, 6.07) is 7.76. The van der Waals surface area contributed by atoms with E-state index in [2.05, 4.69) is 10.1 Å². The minimum absolute atomic E-state index is 0.0434. The van der Waals surface area contributed by atoms with Gasteiger partial charge in [0, 0.05) is 10.5 Å². The number of allylic oxidation sites excluding steroid dienone is 4. The molecule has 4 rings (SSSR count). The normalized spacial score (nSPS) is 14.5. The molecule has 0 fully saturated rings. The molecule has 3 aliphatic rings. The zero-order chi connectivity index (χ0) is 19.0. The second kappa shape index (κ2) is 6.98. The van der Waals surface area contributed by atoms with Crippen LogP contribution in [0.15, 0.2) is 58.3 Å². The predicted octanol–water partition coefficient (Wildman–Crippen LogP) is 0.936. The molecule has 0 amide bonds. The summed E-state index contributed by atoms with van der Waals surface area (Å²) in [6.07, 6.45) is 10.0. The number of carbonyl (C=O) groups excluding carboxylic acids is 1. The number of aromatic amines is 1. The Morgan fingerprint density at radius 2 is 1.85 bits per heavy atom. The quantitative estimate of drug-likeness (QED) is 0.633. The number of benzene rings is 1. The fourth-order valence-corrected chi connectivity index (χ4v) is 3.97. The Labute approximate surface area is 161 Å². The smallest absolute Gasteiger partial charge is 0.283 e. The number of rotatable bonds is 2. The number of thioether (sulfide) groups is 1. The zero-order valence-corrected chi connectivity index (χ0v) is 15.9. The predicted molar refractivity (Wildman–Crippen MR) is 107 cm³/mol. The Kier molecular flexibility index (Phi) is 4.51.